The fourth-order valence-electron chi connectivity index (χ4n) is 2.43. The first kappa shape index (κ1) is 14.3. The van der Waals surface area contributed by atoms with Crippen LogP contribution in [0.15, 0.2) is 18.2 Å². The molecule has 6 heteroatoms. The van der Waals surface area contributed by atoms with Crippen molar-refractivity contribution in [3.8, 4) is 5.75 Å². The molecule has 1 unspecified atom stereocenters. The summed E-state index contributed by atoms with van der Waals surface area (Å²) in [5, 5.41) is 13.2. The molecule has 1 aromatic carbocycles. The lowest BCUT2D eigenvalue weighted by Crippen LogP contribution is -2.46. The van der Waals surface area contributed by atoms with Crippen molar-refractivity contribution in [1.29, 1.82) is 0 Å². The van der Waals surface area contributed by atoms with Crippen LogP contribution in [0, 0.1) is 6.92 Å². The highest BCUT2D eigenvalue weighted by Crippen LogP contribution is 2.24. The van der Waals surface area contributed by atoms with Crippen LogP contribution in [0.3, 0.4) is 0 Å². The Kier molecular flexibility index (Phi) is 4.24. The number of nitrogens with one attached hydrogen (secondary N) is 1. The van der Waals surface area contributed by atoms with Gasteiger partial charge in [-0.25, -0.2) is 0 Å². The van der Waals surface area contributed by atoms with Gasteiger partial charge in [0, 0.05) is 12.6 Å². The highest BCUT2D eigenvalue weighted by molar-refractivity contribution is 5.99. The van der Waals surface area contributed by atoms with Gasteiger partial charge in [-0.05, 0) is 31.5 Å². The third-order valence-corrected chi connectivity index (χ3v) is 3.53. The summed E-state index contributed by atoms with van der Waals surface area (Å²) in [5.41, 5.74) is 6.06. The molecule has 1 aliphatic rings. The minimum absolute atomic E-state index is 0.0436. The molecule has 1 heterocycles. The van der Waals surface area contributed by atoms with Crippen LogP contribution >= 0.6 is 0 Å². The number of aromatic hydroxyl groups is 1. The number of benzene rings is 1. The van der Waals surface area contributed by atoms with Crippen LogP contribution in [-0.4, -0.2) is 47.5 Å². The van der Waals surface area contributed by atoms with Crippen molar-refractivity contribution in [3.05, 3.63) is 29.3 Å². The second-order valence-electron chi connectivity index (χ2n) is 5.02. The number of rotatable bonds is 4. The fourth-order valence-corrected chi connectivity index (χ4v) is 2.43. The molecule has 0 aliphatic carbocycles. The van der Waals surface area contributed by atoms with Gasteiger partial charge in [-0.2, -0.15) is 0 Å². The lowest BCUT2D eigenvalue weighted by molar-refractivity contribution is -0.119. The maximum atomic E-state index is 12.6. The van der Waals surface area contributed by atoms with E-state index in [9.17, 15) is 14.7 Å². The first-order valence-electron chi connectivity index (χ1n) is 6.59. The van der Waals surface area contributed by atoms with E-state index in [1.54, 1.807) is 25.1 Å². The van der Waals surface area contributed by atoms with E-state index in [4.69, 9.17) is 5.73 Å². The minimum Gasteiger partial charge on any atom is -0.507 e. The number of hydrogen-bond donors (Lipinski definition) is 3. The smallest absolute Gasteiger partial charge is 0.258 e. The van der Waals surface area contributed by atoms with Crippen molar-refractivity contribution in [1.82, 2.24) is 10.2 Å². The van der Waals surface area contributed by atoms with E-state index in [2.05, 4.69) is 5.32 Å². The zero-order chi connectivity index (χ0) is 14.7. The van der Waals surface area contributed by atoms with E-state index in [1.807, 2.05) is 0 Å². The summed E-state index contributed by atoms with van der Waals surface area (Å²) in [6.07, 6.45) is 0.769. The number of nitrogens with zero attached hydrogens (tertiary/aromatic N) is 1. The Labute approximate surface area is 117 Å². The lowest BCUT2D eigenvalue weighted by Gasteiger charge is -2.27. The molecule has 2 amide bonds. The van der Waals surface area contributed by atoms with Crippen LogP contribution in [0.1, 0.15) is 22.3 Å². The van der Waals surface area contributed by atoms with E-state index in [1.165, 1.54) is 4.90 Å². The molecule has 0 radical (unpaired) electrons. The number of phenolic OH excluding ortho intramolecular Hbond substituents is 1. The SMILES string of the molecule is Cc1cccc(C(=O)N(CC(N)=O)C2CCNC2)c1O. The van der Waals surface area contributed by atoms with Crippen molar-refractivity contribution < 1.29 is 14.7 Å². The highest BCUT2D eigenvalue weighted by atomic mass is 16.3. The van der Waals surface area contributed by atoms with Crippen molar-refractivity contribution in [2.24, 2.45) is 5.73 Å². The van der Waals surface area contributed by atoms with E-state index in [0.717, 1.165) is 13.0 Å². The zero-order valence-corrected chi connectivity index (χ0v) is 11.4. The fraction of sp³-hybridized carbons (Fsp3) is 0.429. The summed E-state index contributed by atoms with van der Waals surface area (Å²) in [6, 6.07) is 4.91. The first-order chi connectivity index (χ1) is 9.50. The third kappa shape index (κ3) is 2.91. The quantitative estimate of drug-likeness (QED) is 0.721. The minimum atomic E-state index is -0.558. The Morgan fingerprint density at radius 3 is 2.85 bits per heavy atom. The van der Waals surface area contributed by atoms with E-state index < -0.39 is 5.91 Å². The zero-order valence-electron chi connectivity index (χ0n) is 11.4. The van der Waals surface area contributed by atoms with Crippen molar-refractivity contribution >= 4 is 11.8 Å². The summed E-state index contributed by atoms with van der Waals surface area (Å²) in [5.74, 6) is -0.964. The summed E-state index contributed by atoms with van der Waals surface area (Å²) < 4.78 is 0. The second-order valence-corrected chi connectivity index (χ2v) is 5.02. The highest BCUT2D eigenvalue weighted by Gasteiger charge is 2.29. The standard InChI is InChI=1S/C14H19N3O3/c1-9-3-2-4-11(13(9)19)14(20)17(8-12(15)18)10-5-6-16-7-10/h2-4,10,16,19H,5-8H2,1H3,(H2,15,18). The Bertz CT molecular complexity index is 524. The summed E-state index contributed by atoms with van der Waals surface area (Å²) in [7, 11) is 0. The number of nitrogens with two attached hydrogens (primary N) is 1. The normalized spacial score (nSPS) is 17.9. The lowest BCUT2D eigenvalue weighted by atomic mass is 10.1. The molecule has 1 aliphatic heterocycles. The molecular weight excluding hydrogens is 258 g/mol. The summed E-state index contributed by atoms with van der Waals surface area (Å²) >= 11 is 0. The number of phenols is 1. The number of para-hydroxylation sites is 1. The van der Waals surface area contributed by atoms with E-state index in [-0.39, 0.29) is 29.8 Å². The molecule has 2 rings (SSSR count). The molecule has 0 bridgehead atoms. The number of aryl methyl sites for hydroxylation is 1. The Morgan fingerprint density at radius 1 is 1.50 bits per heavy atom. The van der Waals surface area contributed by atoms with E-state index >= 15 is 0 Å². The number of carbonyl (C=O) groups is 2. The van der Waals surface area contributed by atoms with Crippen molar-refractivity contribution in [2.75, 3.05) is 19.6 Å². The van der Waals surface area contributed by atoms with E-state index in [0.29, 0.717) is 12.1 Å². The molecule has 1 aromatic rings. The van der Waals surface area contributed by atoms with Crippen LogP contribution in [0.2, 0.25) is 0 Å². The van der Waals surface area contributed by atoms with Crippen molar-refractivity contribution in [3.63, 3.8) is 0 Å². The van der Waals surface area contributed by atoms with Crippen LogP contribution in [0.25, 0.3) is 0 Å². The van der Waals surface area contributed by atoms with Gasteiger partial charge in [0.2, 0.25) is 5.91 Å². The maximum Gasteiger partial charge on any atom is 0.258 e. The van der Waals surface area contributed by atoms with Crippen LogP contribution in [0.4, 0.5) is 0 Å². The van der Waals surface area contributed by atoms with Gasteiger partial charge in [-0.1, -0.05) is 12.1 Å². The van der Waals surface area contributed by atoms with Gasteiger partial charge in [0.1, 0.15) is 5.75 Å². The Balaban J connectivity index is 2.29. The molecule has 108 valence electrons. The number of amides is 2. The Hall–Kier alpha value is -2.08. The van der Waals surface area contributed by atoms with Crippen LogP contribution in [0.5, 0.6) is 5.75 Å². The summed E-state index contributed by atoms with van der Waals surface area (Å²) in [6.45, 7) is 3.01. The molecule has 0 aromatic heterocycles. The predicted octanol–water partition coefficient (Wildman–Crippen LogP) is -0.00998. The monoisotopic (exact) mass is 277 g/mol. The molecule has 6 nitrogen and oxygen atoms in total. The van der Waals surface area contributed by atoms with Gasteiger partial charge in [0.15, 0.2) is 0 Å². The van der Waals surface area contributed by atoms with Gasteiger partial charge in [-0.3, -0.25) is 9.59 Å². The molecular formula is C14H19N3O3. The molecule has 0 saturated carbocycles. The first-order valence-corrected chi connectivity index (χ1v) is 6.59. The van der Waals surface area contributed by atoms with Gasteiger partial charge >= 0.3 is 0 Å². The molecule has 4 N–H and O–H groups in total. The second kappa shape index (κ2) is 5.92. The van der Waals surface area contributed by atoms with Gasteiger partial charge < -0.3 is 21.1 Å². The largest absolute Gasteiger partial charge is 0.507 e. The number of primary amides is 1. The molecule has 0 spiro atoms. The predicted molar refractivity (Wildman–Crippen MR) is 74.3 cm³/mol. The number of hydrogen-bond acceptors (Lipinski definition) is 4. The van der Waals surface area contributed by atoms with Crippen molar-refractivity contribution in [2.45, 2.75) is 19.4 Å². The van der Waals surface area contributed by atoms with Crippen LogP contribution in [-0.2, 0) is 4.79 Å². The Morgan fingerprint density at radius 2 is 2.25 bits per heavy atom. The summed E-state index contributed by atoms with van der Waals surface area (Å²) in [4.78, 5) is 25.2. The van der Waals surface area contributed by atoms with Gasteiger partial charge in [0.25, 0.3) is 5.91 Å². The third-order valence-electron chi connectivity index (χ3n) is 3.53. The molecule has 1 saturated heterocycles. The van der Waals surface area contributed by atoms with Gasteiger partial charge in [0.05, 0.1) is 12.1 Å². The van der Waals surface area contributed by atoms with Crippen LogP contribution < -0.4 is 11.1 Å². The maximum absolute atomic E-state index is 12.6. The average molecular weight is 277 g/mol. The topological polar surface area (TPSA) is 95.7 Å². The molecule has 20 heavy (non-hydrogen) atoms. The number of carbonyl (C=O) groups excluding carboxylic acids is 2. The van der Waals surface area contributed by atoms with Gasteiger partial charge in [-0.15, -0.1) is 0 Å². The molecule has 1 atom stereocenters. The average Bonchev–Trinajstić information content (AvgIpc) is 2.92. The molecule has 1 fully saturated rings.